The number of hydrogen-bond acceptors (Lipinski definition) is 4. The molecule has 1 heterocycles. The van der Waals surface area contributed by atoms with Gasteiger partial charge in [-0.2, -0.15) is 0 Å². The number of nitrogens with one attached hydrogen (secondary N) is 2. The smallest absolute Gasteiger partial charge is 0.220 e. The number of methoxy groups -OCH3 is 1. The fraction of sp³-hybridized carbons (Fsp3) is 0.600. The Morgan fingerprint density at radius 2 is 2.00 bits per heavy atom. The summed E-state index contributed by atoms with van der Waals surface area (Å²) in [5.74, 6) is 2.96. The summed E-state index contributed by atoms with van der Waals surface area (Å²) in [7, 11) is 5.15. The van der Waals surface area contributed by atoms with Crippen LogP contribution < -0.4 is 20.1 Å². The van der Waals surface area contributed by atoms with Crippen molar-refractivity contribution in [3.05, 3.63) is 23.8 Å². The van der Waals surface area contributed by atoms with Gasteiger partial charge in [0, 0.05) is 40.2 Å². The van der Waals surface area contributed by atoms with Crippen LogP contribution >= 0.6 is 24.0 Å². The quantitative estimate of drug-likeness (QED) is 0.340. The molecule has 2 rings (SSSR count). The number of amides is 1. The average Bonchev–Trinajstić information content (AvgIpc) is 2.70. The number of benzene rings is 1. The monoisotopic (exact) mass is 504 g/mol. The van der Waals surface area contributed by atoms with E-state index in [9.17, 15) is 4.79 Å². The summed E-state index contributed by atoms with van der Waals surface area (Å²) in [5, 5.41) is 6.13. The van der Waals surface area contributed by atoms with E-state index in [4.69, 9.17) is 9.47 Å². The van der Waals surface area contributed by atoms with E-state index >= 15 is 0 Å². The van der Waals surface area contributed by atoms with Gasteiger partial charge in [-0.25, -0.2) is 0 Å². The molecule has 1 aromatic rings. The van der Waals surface area contributed by atoms with Gasteiger partial charge in [-0.05, 0) is 43.4 Å². The maximum Gasteiger partial charge on any atom is 0.220 e. The maximum absolute atomic E-state index is 11.5. The summed E-state index contributed by atoms with van der Waals surface area (Å²) < 4.78 is 11.0. The normalized spacial score (nSPS) is 14.9. The van der Waals surface area contributed by atoms with Gasteiger partial charge in [0.25, 0.3) is 0 Å². The molecule has 1 amide bonds. The van der Waals surface area contributed by atoms with Gasteiger partial charge < -0.3 is 25.0 Å². The summed E-state index contributed by atoms with van der Waals surface area (Å²) in [6, 6.07) is 5.95. The fourth-order valence-electron chi connectivity index (χ4n) is 3.32. The third kappa shape index (κ3) is 7.03. The van der Waals surface area contributed by atoms with Crippen LogP contribution in [0.25, 0.3) is 0 Å². The summed E-state index contributed by atoms with van der Waals surface area (Å²) in [6.45, 7) is 5.04. The first-order chi connectivity index (χ1) is 13.1. The lowest BCUT2D eigenvalue weighted by Gasteiger charge is -2.34. The van der Waals surface area contributed by atoms with Gasteiger partial charge in [-0.3, -0.25) is 9.79 Å². The van der Waals surface area contributed by atoms with E-state index in [2.05, 4.69) is 20.5 Å². The predicted molar refractivity (Wildman–Crippen MR) is 123 cm³/mol. The molecule has 158 valence electrons. The summed E-state index contributed by atoms with van der Waals surface area (Å²) in [5.41, 5.74) is 1.10. The van der Waals surface area contributed by atoms with Crippen LogP contribution in [0.5, 0.6) is 11.5 Å². The van der Waals surface area contributed by atoms with Crippen LogP contribution in [0.2, 0.25) is 0 Å². The van der Waals surface area contributed by atoms with Gasteiger partial charge >= 0.3 is 0 Å². The Hall–Kier alpha value is -1.71. The number of piperidine rings is 1. The largest absolute Gasteiger partial charge is 0.493 e. The number of ether oxygens (including phenoxy) is 2. The van der Waals surface area contributed by atoms with E-state index in [1.54, 1.807) is 21.2 Å². The molecule has 0 spiro atoms. The first-order valence-corrected chi connectivity index (χ1v) is 9.57. The molecule has 0 atom stereocenters. The van der Waals surface area contributed by atoms with Crippen molar-refractivity contribution in [1.82, 2.24) is 15.5 Å². The highest BCUT2D eigenvalue weighted by molar-refractivity contribution is 14.0. The molecule has 2 N–H and O–H groups in total. The van der Waals surface area contributed by atoms with Crippen molar-refractivity contribution in [3.8, 4) is 11.5 Å². The molecule has 0 bridgehead atoms. The van der Waals surface area contributed by atoms with Gasteiger partial charge in [-0.1, -0.05) is 6.07 Å². The van der Waals surface area contributed by atoms with Crippen molar-refractivity contribution < 1.29 is 14.3 Å². The topological polar surface area (TPSA) is 75.2 Å². The zero-order chi connectivity index (χ0) is 19.6. The van der Waals surface area contributed by atoms with Crippen molar-refractivity contribution in [2.75, 3.05) is 40.9 Å². The number of guanidine groups is 1. The van der Waals surface area contributed by atoms with Gasteiger partial charge in [0.05, 0.1) is 13.7 Å². The number of halogens is 1. The van der Waals surface area contributed by atoms with E-state index in [0.717, 1.165) is 49.0 Å². The van der Waals surface area contributed by atoms with Crippen molar-refractivity contribution in [1.29, 1.82) is 0 Å². The molecular weight excluding hydrogens is 471 g/mol. The Morgan fingerprint density at radius 1 is 1.29 bits per heavy atom. The second kappa shape index (κ2) is 12.7. The van der Waals surface area contributed by atoms with Gasteiger partial charge in [0.1, 0.15) is 0 Å². The molecule has 0 aromatic heterocycles. The molecule has 1 aliphatic rings. The minimum Gasteiger partial charge on any atom is -0.493 e. The number of carbonyl (C=O) groups excluding carboxylic acids is 1. The van der Waals surface area contributed by atoms with Gasteiger partial charge in [0.15, 0.2) is 17.5 Å². The molecule has 7 nitrogen and oxygen atoms in total. The lowest BCUT2D eigenvalue weighted by atomic mass is 9.93. The third-order valence-electron chi connectivity index (χ3n) is 4.86. The highest BCUT2D eigenvalue weighted by Gasteiger charge is 2.23. The van der Waals surface area contributed by atoms with Crippen LogP contribution in [0.3, 0.4) is 0 Å². The Bertz CT molecular complexity index is 646. The fourth-order valence-corrected chi connectivity index (χ4v) is 3.32. The molecule has 1 fully saturated rings. The van der Waals surface area contributed by atoms with Crippen LogP contribution in [-0.2, 0) is 11.3 Å². The van der Waals surface area contributed by atoms with E-state index in [0.29, 0.717) is 25.5 Å². The van der Waals surface area contributed by atoms with Crippen LogP contribution in [-0.4, -0.2) is 57.7 Å². The maximum atomic E-state index is 11.5. The highest BCUT2D eigenvalue weighted by atomic mass is 127. The minimum atomic E-state index is 0. The summed E-state index contributed by atoms with van der Waals surface area (Å²) >= 11 is 0. The number of aliphatic imine (C=N–C) groups is 1. The number of hydrogen-bond donors (Lipinski definition) is 2. The molecule has 0 aliphatic carbocycles. The van der Waals surface area contributed by atoms with Gasteiger partial charge in [-0.15, -0.1) is 24.0 Å². The van der Waals surface area contributed by atoms with E-state index < -0.39 is 0 Å². The zero-order valence-electron chi connectivity index (χ0n) is 17.3. The number of rotatable bonds is 7. The second-order valence-electron chi connectivity index (χ2n) is 6.63. The third-order valence-corrected chi connectivity index (χ3v) is 4.86. The molecule has 0 saturated carbocycles. The van der Waals surface area contributed by atoms with Crippen molar-refractivity contribution in [2.45, 2.75) is 32.7 Å². The highest BCUT2D eigenvalue weighted by Crippen LogP contribution is 2.28. The molecular formula is C20H33IN4O3. The van der Waals surface area contributed by atoms with E-state index in [1.165, 1.54) is 0 Å². The van der Waals surface area contributed by atoms with E-state index in [1.807, 2.05) is 25.1 Å². The number of carbonyl (C=O) groups is 1. The Morgan fingerprint density at radius 3 is 2.57 bits per heavy atom. The van der Waals surface area contributed by atoms with Crippen molar-refractivity contribution >= 4 is 35.8 Å². The van der Waals surface area contributed by atoms with Crippen LogP contribution in [0, 0.1) is 5.92 Å². The van der Waals surface area contributed by atoms with Crippen molar-refractivity contribution in [3.63, 3.8) is 0 Å². The van der Waals surface area contributed by atoms with Crippen LogP contribution in [0.1, 0.15) is 31.7 Å². The lowest BCUT2D eigenvalue weighted by Crippen LogP contribution is -2.45. The predicted octanol–water partition coefficient (Wildman–Crippen LogP) is 2.64. The molecule has 1 saturated heterocycles. The molecule has 0 unspecified atom stereocenters. The lowest BCUT2D eigenvalue weighted by molar-refractivity contribution is -0.121. The first kappa shape index (κ1) is 24.3. The first-order valence-electron chi connectivity index (χ1n) is 9.57. The average molecular weight is 504 g/mol. The molecule has 1 aromatic carbocycles. The molecule has 0 radical (unpaired) electrons. The van der Waals surface area contributed by atoms with E-state index in [-0.39, 0.29) is 29.9 Å². The zero-order valence-corrected chi connectivity index (χ0v) is 19.6. The second-order valence-corrected chi connectivity index (χ2v) is 6.63. The molecule has 28 heavy (non-hydrogen) atoms. The van der Waals surface area contributed by atoms with Crippen LogP contribution in [0.15, 0.2) is 23.2 Å². The van der Waals surface area contributed by atoms with Crippen molar-refractivity contribution in [2.24, 2.45) is 10.9 Å². The molecule has 1 aliphatic heterocycles. The minimum absolute atomic E-state index is 0. The summed E-state index contributed by atoms with van der Waals surface area (Å²) in [6.07, 6.45) is 2.62. The number of likely N-dealkylation sites (tertiary alicyclic amines) is 1. The van der Waals surface area contributed by atoms with Crippen LogP contribution in [0.4, 0.5) is 0 Å². The standard InChI is InChI=1S/C20H32N4O3.HI/c1-5-27-17-7-6-16(12-18(17)26-4)14-23-20(22-3)24-10-8-15(9-11-24)13-19(25)21-2;/h6-7,12,15H,5,8-11,13-14H2,1-4H3,(H,21,25)(H,22,23);1H. The Kier molecular flexibility index (Phi) is 11.0. The number of nitrogens with zero attached hydrogens (tertiary/aromatic N) is 2. The van der Waals surface area contributed by atoms with Gasteiger partial charge in [0.2, 0.25) is 5.91 Å². The SMILES string of the molecule is CCOc1ccc(CNC(=NC)N2CCC(CC(=O)NC)CC2)cc1OC.I. The Balaban J connectivity index is 0.00000392. The Labute approximate surface area is 185 Å². The molecule has 8 heteroatoms. The summed E-state index contributed by atoms with van der Waals surface area (Å²) in [4.78, 5) is 18.2.